The SMILES string of the molecule is COC(CN)CC(=O)N1CCC=C(C)C1. The zero-order valence-corrected chi connectivity index (χ0v) is 9.53. The van der Waals surface area contributed by atoms with Gasteiger partial charge in [-0.2, -0.15) is 0 Å². The number of nitrogens with two attached hydrogens (primary N) is 1. The van der Waals surface area contributed by atoms with Crippen LogP contribution in [0, 0.1) is 0 Å². The second-order valence-electron chi connectivity index (χ2n) is 3.95. The van der Waals surface area contributed by atoms with Crippen molar-refractivity contribution in [3.8, 4) is 0 Å². The first-order valence-electron chi connectivity index (χ1n) is 5.33. The summed E-state index contributed by atoms with van der Waals surface area (Å²) in [6.45, 7) is 4.01. The van der Waals surface area contributed by atoms with E-state index in [4.69, 9.17) is 10.5 Å². The molecule has 86 valence electrons. The van der Waals surface area contributed by atoms with Crippen LogP contribution in [0.25, 0.3) is 0 Å². The van der Waals surface area contributed by atoms with Crippen molar-refractivity contribution in [3.63, 3.8) is 0 Å². The Labute approximate surface area is 91.1 Å². The Morgan fingerprint density at radius 2 is 2.47 bits per heavy atom. The van der Waals surface area contributed by atoms with Crippen molar-refractivity contribution >= 4 is 5.91 Å². The monoisotopic (exact) mass is 212 g/mol. The van der Waals surface area contributed by atoms with E-state index < -0.39 is 0 Å². The lowest BCUT2D eigenvalue weighted by atomic mass is 10.1. The molecule has 1 amide bonds. The summed E-state index contributed by atoms with van der Waals surface area (Å²) in [6, 6.07) is 0. The van der Waals surface area contributed by atoms with Crippen molar-refractivity contribution in [1.29, 1.82) is 0 Å². The molecule has 0 bridgehead atoms. The second-order valence-corrected chi connectivity index (χ2v) is 3.95. The molecule has 4 heteroatoms. The molecule has 0 aromatic rings. The maximum atomic E-state index is 11.8. The highest BCUT2D eigenvalue weighted by Crippen LogP contribution is 2.11. The van der Waals surface area contributed by atoms with Gasteiger partial charge in [0.05, 0.1) is 12.5 Å². The van der Waals surface area contributed by atoms with E-state index in [1.54, 1.807) is 7.11 Å². The fraction of sp³-hybridized carbons (Fsp3) is 0.727. The molecule has 0 aromatic carbocycles. The number of hydrogen-bond donors (Lipinski definition) is 1. The van der Waals surface area contributed by atoms with Crippen LogP contribution in [-0.4, -0.2) is 43.7 Å². The molecule has 1 aliphatic heterocycles. The Morgan fingerprint density at radius 1 is 1.73 bits per heavy atom. The Morgan fingerprint density at radius 3 is 3.00 bits per heavy atom. The quantitative estimate of drug-likeness (QED) is 0.692. The maximum absolute atomic E-state index is 11.8. The van der Waals surface area contributed by atoms with Crippen LogP contribution < -0.4 is 5.73 Å². The Bertz CT molecular complexity index is 247. The van der Waals surface area contributed by atoms with Crippen molar-refractivity contribution in [1.82, 2.24) is 4.90 Å². The van der Waals surface area contributed by atoms with E-state index in [0.717, 1.165) is 19.5 Å². The fourth-order valence-electron chi connectivity index (χ4n) is 1.71. The van der Waals surface area contributed by atoms with Gasteiger partial charge in [-0.15, -0.1) is 0 Å². The van der Waals surface area contributed by atoms with Crippen LogP contribution in [-0.2, 0) is 9.53 Å². The van der Waals surface area contributed by atoms with Gasteiger partial charge in [0.1, 0.15) is 0 Å². The number of carbonyl (C=O) groups excluding carboxylic acids is 1. The Hall–Kier alpha value is -0.870. The standard InChI is InChI=1S/C11H20N2O2/c1-9-4-3-5-13(8-9)11(14)6-10(7-12)15-2/h4,10H,3,5-8,12H2,1-2H3. The van der Waals surface area contributed by atoms with Crippen LogP contribution in [0.5, 0.6) is 0 Å². The second kappa shape index (κ2) is 5.88. The average Bonchev–Trinajstić information content (AvgIpc) is 2.25. The Balaban J connectivity index is 2.43. The summed E-state index contributed by atoms with van der Waals surface area (Å²) in [6.07, 6.45) is 3.38. The molecule has 4 nitrogen and oxygen atoms in total. The minimum Gasteiger partial charge on any atom is -0.380 e. The molecular weight excluding hydrogens is 192 g/mol. The molecule has 0 saturated heterocycles. The summed E-state index contributed by atoms with van der Waals surface area (Å²) in [7, 11) is 1.59. The van der Waals surface area contributed by atoms with Gasteiger partial charge in [0.2, 0.25) is 5.91 Å². The summed E-state index contributed by atoms with van der Waals surface area (Å²) in [5, 5.41) is 0. The fourth-order valence-corrected chi connectivity index (χ4v) is 1.71. The lowest BCUT2D eigenvalue weighted by Crippen LogP contribution is -2.38. The van der Waals surface area contributed by atoms with Crippen molar-refractivity contribution in [2.45, 2.75) is 25.9 Å². The molecule has 1 atom stereocenters. The van der Waals surface area contributed by atoms with Crippen LogP contribution in [0.1, 0.15) is 19.8 Å². The number of rotatable bonds is 4. The van der Waals surface area contributed by atoms with Gasteiger partial charge in [-0.1, -0.05) is 11.6 Å². The van der Waals surface area contributed by atoms with Crippen molar-refractivity contribution in [2.24, 2.45) is 5.73 Å². The highest BCUT2D eigenvalue weighted by Gasteiger charge is 2.19. The predicted octanol–water partition coefficient (Wildman–Crippen LogP) is 0.529. The molecule has 0 saturated carbocycles. The van der Waals surface area contributed by atoms with Gasteiger partial charge >= 0.3 is 0 Å². The number of amides is 1. The van der Waals surface area contributed by atoms with E-state index in [1.807, 2.05) is 4.90 Å². The third-order valence-corrected chi connectivity index (χ3v) is 2.68. The van der Waals surface area contributed by atoms with Crippen molar-refractivity contribution in [3.05, 3.63) is 11.6 Å². The molecule has 2 N–H and O–H groups in total. The molecule has 0 aliphatic carbocycles. The summed E-state index contributed by atoms with van der Waals surface area (Å²) in [5.41, 5.74) is 6.74. The smallest absolute Gasteiger partial charge is 0.225 e. The normalized spacial score (nSPS) is 18.6. The topological polar surface area (TPSA) is 55.6 Å². The van der Waals surface area contributed by atoms with Crippen molar-refractivity contribution in [2.75, 3.05) is 26.7 Å². The number of hydrogen-bond acceptors (Lipinski definition) is 3. The van der Waals surface area contributed by atoms with Crippen LogP contribution in [0.2, 0.25) is 0 Å². The first kappa shape index (κ1) is 12.2. The Kier molecular flexibility index (Phi) is 4.78. The number of nitrogens with zero attached hydrogens (tertiary/aromatic N) is 1. The number of methoxy groups -OCH3 is 1. The van der Waals surface area contributed by atoms with E-state index in [-0.39, 0.29) is 12.0 Å². The lowest BCUT2D eigenvalue weighted by molar-refractivity contribution is -0.133. The van der Waals surface area contributed by atoms with Crippen LogP contribution in [0.15, 0.2) is 11.6 Å². The van der Waals surface area contributed by atoms with E-state index in [0.29, 0.717) is 13.0 Å². The van der Waals surface area contributed by atoms with Crippen LogP contribution >= 0.6 is 0 Å². The van der Waals surface area contributed by atoms with Crippen LogP contribution in [0.4, 0.5) is 0 Å². The van der Waals surface area contributed by atoms with Crippen molar-refractivity contribution < 1.29 is 9.53 Å². The predicted molar refractivity (Wildman–Crippen MR) is 59.4 cm³/mol. The molecule has 1 rings (SSSR count). The van der Waals surface area contributed by atoms with Gasteiger partial charge in [0.25, 0.3) is 0 Å². The largest absolute Gasteiger partial charge is 0.380 e. The number of ether oxygens (including phenoxy) is 1. The minimum absolute atomic E-state index is 0.139. The van der Waals surface area contributed by atoms with Gasteiger partial charge < -0.3 is 15.4 Å². The zero-order chi connectivity index (χ0) is 11.3. The summed E-state index contributed by atoms with van der Waals surface area (Å²) in [4.78, 5) is 13.7. The molecule has 0 radical (unpaired) electrons. The maximum Gasteiger partial charge on any atom is 0.225 e. The summed E-state index contributed by atoms with van der Waals surface area (Å²) < 4.78 is 5.10. The summed E-state index contributed by atoms with van der Waals surface area (Å²) >= 11 is 0. The molecule has 1 aliphatic rings. The van der Waals surface area contributed by atoms with E-state index in [9.17, 15) is 4.79 Å². The van der Waals surface area contributed by atoms with Crippen LogP contribution in [0.3, 0.4) is 0 Å². The molecule has 0 fully saturated rings. The highest BCUT2D eigenvalue weighted by molar-refractivity contribution is 5.77. The molecule has 0 spiro atoms. The van der Waals surface area contributed by atoms with Gasteiger partial charge in [0, 0.05) is 26.7 Å². The number of carbonyl (C=O) groups is 1. The average molecular weight is 212 g/mol. The first-order valence-corrected chi connectivity index (χ1v) is 5.33. The van der Waals surface area contributed by atoms with E-state index >= 15 is 0 Å². The minimum atomic E-state index is -0.149. The summed E-state index contributed by atoms with van der Waals surface area (Å²) in [5.74, 6) is 0.139. The molecule has 0 aromatic heterocycles. The highest BCUT2D eigenvalue weighted by atomic mass is 16.5. The third-order valence-electron chi connectivity index (χ3n) is 2.68. The third kappa shape index (κ3) is 3.64. The molecule has 1 heterocycles. The first-order chi connectivity index (χ1) is 7.17. The molecular formula is C11H20N2O2. The van der Waals surface area contributed by atoms with Gasteiger partial charge in [-0.05, 0) is 13.3 Å². The van der Waals surface area contributed by atoms with E-state index in [2.05, 4.69) is 13.0 Å². The zero-order valence-electron chi connectivity index (χ0n) is 9.53. The van der Waals surface area contributed by atoms with Gasteiger partial charge in [-0.3, -0.25) is 4.79 Å². The molecule has 1 unspecified atom stereocenters. The van der Waals surface area contributed by atoms with Gasteiger partial charge in [-0.25, -0.2) is 0 Å². The van der Waals surface area contributed by atoms with E-state index in [1.165, 1.54) is 5.57 Å². The lowest BCUT2D eigenvalue weighted by Gasteiger charge is -2.27. The molecule has 15 heavy (non-hydrogen) atoms. The van der Waals surface area contributed by atoms with Gasteiger partial charge in [0.15, 0.2) is 0 Å².